The highest BCUT2D eigenvalue weighted by Crippen LogP contribution is 2.25. The van der Waals surface area contributed by atoms with Crippen LogP contribution in [-0.2, 0) is 16.0 Å². The van der Waals surface area contributed by atoms with Gasteiger partial charge in [-0.2, -0.15) is 0 Å². The molecule has 7 heteroatoms. The quantitative estimate of drug-likeness (QED) is 0.472. The van der Waals surface area contributed by atoms with Gasteiger partial charge in [0.25, 0.3) is 17.7 Å². The maximum atomic E-state index is 12.6. The Morgan fingerprint density at radius 2 is 1.69 bits per heavy atom. The number of anilines is 1. The van der Waals surface area contributed by atoms with Crippen molar-refractivity contribution in [3.63, 3.8) is 0 Å². The molecule has 0 aromatic heterocycles. The Labute approximate surface area is 187 Å². The van der Waals surface area contributed by atoms with Gasteiger partial charge in [0, 0.05) is 12.2 Å². The van der Waals surface area contributed by atoms with Crippen LogP contribution in [0.25, 0.3) is 0 Å². The number of hydrogen-bond acceptors (Lipinski definition) is 5. The largest absolute Gasteiger partial charge is 0.452 e. The molecule has 0 saturated heterocycles. The summed E-state index contributed by atoms with van der Waals surface area (Å²) in [7, 11) is 0. The highest BCUT2D eigenvalue weighted by atomic mass is 16.5. The summed E-state index contributed by atoms with van der Waals surface area (Å²) in [6, 6.07) is 11.8. The third kappa shape index (κ3) is 5.41. The van der Waals surface area contributed by atoms with Crippen molar-refractivity contribution in [3.8, 4) is 0 Å². The highest BCUT2D eigenvalue weighted by molar-refractivity contribution is 6.22. The summed E-state index contributed by atoms with van der Waals surface area (Å²) >= 11 is 0. The Bertz CT molecular complexity index is 1030. The summed E-state index contributed by atoms with van der Waals surface area (Å²) in [5.41, 5.74) is 2.39. The van der Waals surface area contributed by atoms with E-state index < -0.39 is 24.4 Å². The summed E-state index contributed by atoms with van der Waals surface area (Å²) in [6.45, 7) is 5.82. The van der Waals surface area contributed by atoms with Crippen molar-refractivity contribution in [2.24, 2.45) is 5.92 Å². The molecule has 0 fully saturated rings. The van der Waals surface area contributed by atoms with Crippen molar-refractivity contribution in [1.29, 1.82) is 0 Å². The molecule has 3 rings (SSSR count). The molecular weight excluding hydrogens is 408 g/mol. The van der Waals surface area contributed by atoms with Gasteiger partial charge in [-0.05, 0) is 54.7 Å². The average Bonchev–Trinajstić information content (AvgIpc) is 3.01. The number of carbonyl (C=O) groups excluding carboxylic acids is 4. The molecule has 7 nitrogen and oxygen atoms in total. The van der Waals surface area contributed by atoms with Gasteiger partial charge >= 0.3 is 5.97 Å². The van der Waals surface area contributed by atoms with E-state index in [1.165, 1.54) is 28.7 Å². The van der Waals surface area contributed by atoms with E-state index in [0.29, 0.717) is 12.2 Å². The van der Waals surface area contributed by atoms with E-state index in [1.807, 2.05) is 38.1 Å². The van der Waals surface area contributed by atoms with Gasteiger partial charge in [0.15, 0.2) is 6.61 Å². The first-order valence-electron chi connectivity index (χ1n) is 10.9. The van der Waals surface area contributed by atoms with Crippen molar-refractivity contribution >= 4 is 29.4 Å². The van der Waals surface area contributed by atoms with E-state index in [2.05, 4.69) is 12.2 Å². The van der Waals surface area contributed by atoms with E-state index in [1.54, 1.807) is 0 Å². The minimum absolute atomic E-state index is 0.115. The lowest BCUT2D eigenvalue weighted by Gasteiger charge is -2.15. The zero-order chi connectivity index (χ0) is 23.3. The summed E-state index contributed by atoms with van der Waals surface area (Å²) in [4.78, 5) is 50.7. The van der Waals surface area contributed by atoms with Crippen LogP contribution >= 0.6 is 0 Å². The van der Waals surface area contributed by atoms with Crippen molar-refractivity contribution < 1.29 is 23.9 Å². The second-order valence-corrected chi connectivity index (χ2v) is 8.30. The first-order chi connectivity index (χ1) is 15.3. The fourth-order valence-electron chi connectivity index (χ4n) is 3.50. The molecule has 0 saturated carbocycles. The number of amides is 3. The number of ether oxygens (including phenoxy) is 1. The number of aryl methyl sites for hydroxylation is 1. The Kier molecular flexibility index (Phi) is 7.41. The number of fused-ring (bicyclic) bond motifs is 1. The number of benzene rings is 2. The van der Waals surface area contributed by atoms with Crippen LogP contribution in [0.5, 0.6) is 0 Å². The molecule has 3 amide bonds. The number of esters is 1. The maximum Gasteiger partial charge on any atom is 0.338 e. The van der Waals surface area contributed by atoms with Gasteiger partial charge in [-0.25, -0.2) is 4.79 Å². The standard InChI is InChI=1S/C25H28N2O5/c1-4-5-6-17-7-10-19(11-8-17)26-22(28)15-32-25(31)18-9-12-20-21(13-18)24(30)27(23(20)29)14-16(2)3/h7-13,16H,4-6,14-15H2,1-3H3,(H,26,28). The number of imide groups is 1. The van der Waals surface area contributed by atoms with Crippen LogP contribution in [0, 0.1) is 5.92 Å². The normalized spacial score (nSPS) is 12.8. The Hall–Kier alpha value is -3.48. The van der Waals surface area contributed by atoms with Crippen molar-refractivity contribution in [1.82, 2.24) is 4.90 Å². The Balaban J connectivity index is 1.57. The van der Waals surface area contributed by atoms with Crippen LogP contribution in [0.15, 0.2) is 42.5 Å². The molecular formula is C25H28N2O5. The molecule has 0 bridgehead atoms. The van der Waals surface area contributed by atoms with Gasteiger partial charge in [-0.1, -0.05) is 39.3 Å². The van der Waals surface area contributed by atoms with Crippen molar-refractivity contribution in [3.05, 3.63) is 64.7 Å². The molecule has 0 atom stereocenters. The van der Waals surface area contributed by atoms with Gasteiger partial charge < -0.3 is 10.1 Å². The minimum Gasteiger partial charge on any atom is -0.452 e. The SMILES string of the molecule is CCCCc1ccc(NC(=O)COC(=O)c2ccc3c(c2)C(=O)N(CC(C)C)C3=O)cc1. The molecule has 2 aromatic rings. The first kappa shape index (κ1) is 23.2. The van der Waals surface area contributed by atoms with Crippen LogP contribution in [0.3, 0.4) is 0 Å². The molecule has 168 valence electrons. The molecule has 2 aromatic carbocycles. The van der Waals surface area contributed by atoms with E-state index in [4.69, 9.17) is 4.74 Å². The lowest BCUT2D eigenvalue weighted by molar-refractivity contribution is -0.119. The van der Waals surface area contributed by atoms with E-state index in [-0.39, 0.29) is 28.5 Å². The van der Waals surface area contributed by atoms with E-state index >= 15 is 0 Å². The molecule has 1 aliphatic heterocycles. The molecule has 1 N–H and O–H groups in total. The monoisotopic (exact) mass is 436 g/mol. The summed E-state index contributed by atoms with van der Waals surface area (Å²) in [5, 5.41) is 2.69. The average molecular weight is 437 g/mol. The second-order valence-electron chi connectivity index (χ2n) is 8.30. The summed E-state index contributed by atoms with van der Waals surface area (Å²) in [5.74, 6) is -1.85. The van der Waals surface area contributed by atoms with Gasteiger partial charge in [0.1, 0.15) is 0 Å². The fraction of sp³-hybridized carbons (Fsp3) is 0.360. The van der Waals surface area contributed by atoms with Gasteiger partial charge in [0.05, 0.1) is 16.7 Å². The molecule has 32 heavy (non-hydrogen) atoms. The van der Waals surface area contributed by atoms with E-state index in [9.17, 15) is 19.2 Å². The predicted octanol–water partition coefficient (Wildman–Crippen LogP) is 4.08. The topological polar surface area (TPSA) is 92.8 Å². The maximum absolute atomic E-state index is 12.6. The summed E-state index contributed by atoms with van der Waals surface area (Å²) in [6.07, 6.45) is 3.22. The van der Waals surface area contributed by atoms with Crippen LogP contribution in [0.4, 0.5) is 5.69 Å². The Morgan fingerprint density at radius 1 is 1.00 bits per heavy atom. The van der Waals surface area contributed by atoms with Crippen LogP contribution in [0.1, 0.15) is 70.3 Å². The van der Waals surface area contributed by atoms with Crippen LogP contribution in [0.2, 0.25) is 0 Å². The van der Waals surface area contributed by atoms with Crippen LogP contribution < -0.4 is 5.32 Å². The van der Waals surface area contributed by atoms with Crippen LogP contribution in [-0.4, -0.2) is 41.7 Å². The molecule has 0 unspecified atom stereocenters. The zero-order valence-corrected chi connectivity index (χ0v) is 18.6. The molecule has 1 heterocycles. The smallest absolute Gasteiger partial charge is 0.338 e. The lowest BCUT2D eigenvalue weighted by atomic mass is 10.1. The third-order valence-electron chi connectivity index (χ3n) is 5.15. The molecule has 0 aliphatic carbocycles. The highest BCUT2D eigenvalue weighted by Gasteiger charge is 2.36. The third-order valence-corrected chi connectivity index (χ3v) is 5.15. The first-order valence-corrected chi connectivity index (χ1v) is 10.9. The minimum atomic E-state index is -0.736. The summed E-state index contributed by atoms with van der Waals surface area (Å²) < 4.78 is 5.09. The van der Waals surface area contributed by atoms with Gasteiger partial charge in [0.2, 0.25) is 0 Å². The Morgan fingerprint density at radius 3 is 2.34 bits per heavy atom. The number of carbonyl (C=O) groups is 4. The zero-order valence-electron chi connectivity index (χ0n) is 18.6. The predicted molar refractivity (Wildman–Crippen MR) is 121 cm³/mol. The van der Waals surface area contributed by atoms with E-state index in [0.717, 1.165) is 19.3 Å². The van der Waals surface area contributed by atoms with Gasteiger partial charge in [-0.3, -0.25) is 19.3 Å². The van der Waals surface area contributed by atoms with Crippen molar-refractivity contribution in [2.45, 2.75) is 40.0 Å². The molecule has 1 aliphatic rings. The molecule has 0 spiro atoms. The van der Waals surface area contributed by atoms with Crippen molar-refractivity contribution in [2.75, 3.05) is 18.5 Å². The number of nitrogens with one attached hydrogen (secondary N) is 1. The van der Waals surface area contributed by atoms with Gasteiger partial charge in [-0.15, -0.1) is 0 Å². The number of rotatable bonds is 9. The number of hydrogen-bond donors (Lipinski definition) is 1. The fourth-order valence-corrected chi connectivity index (χ4v) is 3.50. The lowest BCUT2D eigenvalue weighted by Crippen LogP contribution is -2.33. The molecule has 0 radical (unpaired) electrons. The number of unbranched alkanes of at least 4 members (excludes halogenated alkanes) is 1. The second kappa shape index (κ2) is 10.2. The number of nitrogens with zero attached hydrogens (tertiary/aromatic N) is 1.